The monoisotopic (exact) mass is 469 g/mol. The fraction of sp³-hybridized carbons (Fsp3) is 0.316. The molecule has 1 atom stereocenters. The Morgan fingerprint density at radius 2 is 1.87 bits per heavy atom. The number of sulfonamides is 1. The van der Waals surface area contributed by atoms with Crippen LogP contribution >= 0.6 is 11.6 Å². The Morgan fingerprint density at radius 3 is 2.48 bits per heavy atom. The lowest BCUT2D eigenvalue weighted by atomic mass is 10.2. The zero-order valence-corrected chi connectivity index (χ0v) is 18.1. The summed E-state index contributed by atoms with van der Waals surface area (Å²) in [5, 5.41) is 14.6. The molecular weight excluding hydrogens is 450 g/mol. The molecule has 0 spiro atoms. The van der Waals surface area contributed by atoms with Crippen LogP contribution in [0.2, 0.25) is 5.02 Å². The minimum atomic E-state index is -3.92. The van der Waals surface area contributed by atoms with Gasteiger partial charge in [-0.1, -0.05) is 11.6 Å². The molecule has 1 heterocycles. The second-order valence-electron chi connectivity index (χ2n) is 6.66. The molecule has 31 heavy (non-hydrogen) atoms. The highest BCUT2D eigenvalue weighted by molar-refractivity contribution is 7.89. The van der Waals surface area contributed by atoms with E-state index in [4.69, 9.17) is 21.1 Å². The first-order valence-corrected chi connectivity index (χ1v) is 11.1. The molecule has 1 unspecified atom stereocenters. The molecule has 3 rings (SSSR count). The highest BCUT2D eigenvalue weighted by Crippen LogP contribution is 2.32. The lowest BCUT2D eigenvalue weighted by Crippen LogP contribution is -2.40. The third kappa shape index (κ3) is 5.50. The van der Waals surface area contributed by atoms with Crippen LogP contribution in [0.1, 0.15) is 6.92 Å². The number of nitrogens with one attached hydrogen (secondary N) is 1. The van der Waals surface area contributed by atoms with Gasteiger partial charge in [0.25, 0.3) is 5.91 Å². The van der Waals surface area contributed by atoms with Gasteiger partial charge in [0.1, 0.15) is 0 Å². The van der Waals surface area contributed by atoms with Crippen molar-refractivity contribution < 1.29 is 27.6 Å². The Labute approximate surface area is 183 Å². The van der Waals surface area contributed by atoms with Crippen molar-refractivity contribution in [1.82, 2.24) is 4.31 Å². The Morgan fingerprint density at radius 1 is 1.23 bits per heavy atom. The summed E-state index contributed by atoms with van der Waals surface area (Å²) in [5.41, 5.74) is -0.0771. The number of hydrogen-bond donors (Lipinski definition) is 1. The average Bonchev–Trinajstić information content (AvgIpc) is 2.75. The molecule has 1 aliphatic heterocycles. The standard InChI is InChI=1S/C19H20ClN3O7S/c1-13(19(24)21-15-4-2-14(20)3-5-15)30-18-7-6-16(12-17(18)23(25)26)31(27,28)22-8-10-29-11-9-22/h2-7,12-13H,8-11H2,1H3,(H,21,24). The van der Waals surface area contributed by atoms with Crippen molar-refractivity contribution in [1.29, 1.82) is 0 Å². The summed E-state index contributed by atoms with van der Waals surface area (Å²) in [4.78, 5) is 22.9. The molecule has 1 amide bonds. The molecule has 0 aliphatic carbocycles. The van der Waals surface area contributed by atoms with Crippen LogP contribution in [0.5, 0.6) is 5.75 Å². The number of nitrogens with zero attached hydrogens (tertiary/aromatic N) is 2. The molecule has 1 N–H and O–H groups in total. The normalized spacial score (nSPS) is 15.8. The Balaban J connectivity index is 1.78. The predicted octanol–water partition coefficient (Wildman–Crippen LogP) is 2.68. The summed E-state index contributed by atoms with van der Waals surface area (Å²) >= 11 is 5.81. The van der Waals surface area contributed by atoms with Crippen molar-refractivity contribution in [3.63, 3.8) is 0 Å². The molecule has 166 valence electrons. The van der Waals surface area contributed by atoms with Gasteiger partial charge in [-0.3, -0.25) is 14.9 Å². The number of benzene rings is 2. The molecule has 2 aromatic carbocycles. The third-order valence-corrected chi connectivity index (χ3v) is 6.67. The van der Waals surface area contributed by atoms with E-state index in [0.717, 1.165) is 6.07 Å². The number of anilines is 1. The lowest BCUT2D eigenvalue weighted by Gasteiger charge is -2.26. The quantitative estimate of drug-likeness (QED) is 0.487. The minimum Gasteiger partial charge on any atom is -0.474 e. The first-order chi connectivity index (χ1) is 14.7. The van der Waals surface area contributed by atoms with Gasteiger partial charge in [-0.05, 0) is 43.3 Å². The summed E-state index contributed by atoms with van der Waals surface area (Å²) < 4.78 is 37.4. The number of morpholine rings is 1. The lowest BCUT2D eigenvalue weighted by molar-refractivity contribution is -0.386. The second kappa shape index (κ2) is 9.60. The van der Waals surface area contributed by atoms with Crippen molar-refractivity contribution in [3.8, 4) is 5.75 Å². The largest absolute Gasteiger partial charge is 0.474 e. The Kier molecular flexibility index (Phi) is 7.11. The van der Waals surface area contributed by atoms with Gasteiger partial charge in [0.2, 0.25) is 10.0 Å². The number of carbonyl (C=O) groups excluding carboxylic acids is 1. The van der Waals surface area contributed by atoms with E-state index >= 15 is 0 Å². The highest BCUT2D eigenvalue weighted by atomic mass is 35.5. The summed E-state index contributed by atoms with van der Waals surface area (Å²) in [6, 6.07) is 9.72. The van der Waals surface area contributed by atoms with Gasteiger partial charge in [-0.15, -0.1) is 0 Å². The van der Waals surface area contributed by atoms with E-state index in [2.05, 4.69) is 5.32 Å². The van der Waals surface area contributed by atoms with E-state index in [-0.39, 0.29) is 36.9 Å². The number of ether oxygens (including phenoxy) is 2. The highest BCUT2D eigenvalue weighted by Gasteiger charge is 2.30. The van der Waals surface area contributed by atoms with Gasteiger partial charge in [-0.2, -0.15) is 4.31 Å². The van der Waals surface area contributed by atoms with E-state index in [1.165, 1.54) is 23.4 Å². The first kappa shape index (κ1) is 22.9. The van der Waals surface area contributed by atoms with E-state index in [1.54, 1.807) is 24.3 Å². The van der Waals surface area contributed by atoms with Crippen LogP contribution in [0, 0.1) is 10.1 Å². The van der Waals surface area contributed by atoms with E-state index in [0.29, 0.717) is 10.7 Å². The number of rotatable bonds is 7. The van der Waals surface area contributed by atoms with Crippen LogP contribution in [0.15, 0.2) is 47.4 Å². The number of nitro groups is 1. The van der Waals surface area contributed by atoms with Crippen molar-refractivity contribution in [2.45, 2.75) is 17.9 Å². The fourth-order valence-corrected chi connectivity index (χ4v) is 4.41. The topological polar surface area (TPSA) is 128 Å². The van der Waals surface area contributed by atoms with Crippen LogP contribution in [0.4, 0.5) is 11.4 Å². The molecule has 1 aliphatic rings. The van der Waals surface area contributed by atoms with Gasteiger partial charge in [0.15, 0.2) is 11.9 Å². The maximum Gasteiger partial charge on any atom is 0.312 e. The fourth-order valence-electron chi connectivity index (χ4n) is 2.86. The van der Waals surface area contributed by atoms with Crippen LogP contribution < -0.4 is 10.1 Å². The second-order valence-corrected chi connectivity index (χ2v) is 9.03. The molecule has 12 heteroatoms. The number of hydrogen-bond acceptors (Lipinski definition) is 7. The average molecular weight is 470 g/mol. The molecule has 2 aromatic rings. The van der Waals surface area contributed by atoms with E-state index in [9.17, 15) is 23.3 Å². The van der Waals surface area contributed by atoms with Crippen LogP contribution in [-0.4, -0.2) is 56.0 Å². The number of amides is 1. The molecule has 0 saturated carbocycles. The molecule has 0 bridgehead atoms. The molecule has 0 radical (unpaired) electrons. The third-order valence-electron chi connectivity index (χ3n) is 4.52. The maximum atomic E-state index is 12.8. The predicted molar refractivity (Wildman–Crippen MR) is 113 cm³/mol. The Hall–Kier alpha value is -2.73. The van der Waals surface area contributed by atoms with Crippen molar-refractivity contribution in [3.05, 3.63) is 57.6 Å². The van der Waals surface area contributed by atoms with E-state index in [1.807, 2.05) is 0 Å². The molecular formula is C19H20ClN3O7S. The summed E-state index contributed by atoms with van der Waals surface area (Å²) in [6.45, 7) is 2.26. The number of nitro benzene ring substituents is 1. The maximum absolute atomic E-state index is 12.8. The zero-order valence-electron chi connectivity index (χ0n) is 16.5. The zero-order chi connectivity index (χ0) is 22.6. The van der Waals surface area contributed by atoms with Gasteiger partial charge in [0.05, 0.1) is 23.0 Å². The van der Waals surface area contributed by atoms with Crippen LogP contribution in [0.3, 0.4) is 0 Å². The number of carbonyl (C=O) groups is 1. The van der Waals surface area contributed by atoms with Gasteiger partial charge < -0.3 is 14.8 Å². The van der Waals surface area contributed by atoms with Gasteiger partial charge in [-0.25, -0.2) is 8.42 Å². The van der Waals surface area contributed by atoms with Gasteiger partial charge >= 0.3 is 5.69 Å². The summed E-state index contributed by atoms with van der Waals surface area (Å²) in [5.74, 6) is -0.758. The Bertz CT molecular complexity index is 1070. The van der Waals surface area contributed by atoms with Crippen molar-refractivity contribution in [2.24, 2.45) is 0 Å². The van der Waals surface area contributed by atoms with Gasteiger partial charge in [0, 0.05) is 29.9 Å². The van der Waals surface area contributed by atoms with Crippen LogP contribution in [0.25, 0.3) is 0 Å². The summed E-state index contributed by atoms with van der Waals surface area (Å²) in [7, 11) is -3.92. The molecule has 1 saturated heterocycles. The first-order valence-electron chi connectivity index (χ1n) is 9.28. The minimum absolute atomic E-state index is 0.163. The van der Waals surface area contributed by atoms with Crippen molar-refractivity contribution >= 4 is 38.9 Å². The van der Waals surface area contributed by atoms with Crippen LogP contribution in [-0.2, 0) is 19.6 Å². The molecule has 1 fully saturated rings. The smallest absolute Gasteiger partial charge is 0.312 e. The summed E-state index contributed by atoms with van der Waals surface area (Å²) in [6.07, 6.45) is -1.09. The molecule has 10 nitrogen and oxygen atoms in total. The SMILES string of the molecule is CC(Oc1ccc(S(=O)(=O)N2CCOCC2)cc1[N+](=O)[O-])C(=O)Nc1ccc(Cl)cc1. The molecule has 0 aromatic heterocycles. The van der Waals surface area contributed by atoms with Crippen molar-refractivity contribution in [2.75, 3.05) is 31.6 Å². The number of halogens is 1. The van der Waals surface area contributed by atoms with E-state index < -0.39 is 32.6 Å².